The first-order chi connectivity index (χ1) is 14.1. The van der Waals surface area contributed by atoms with Crippen molar-refractivity contribution in [1.82, 2.24) is 15.3 Å². The number of aromatic nitrogens is 2. The van der Waals surface area contributed by atoms with Crippen molar-refractivity contribution in [2.45, 2.75) is 38.6 Å². The van der Waals surface area contributed by atoms with Crippen LogP contribution in [0.15, 0.2) is 34.4 Å². The molecule has 1 saturated carbocycles. The number of piperidine rings is 1. The van der Waals surface area contributed by atoms with Gasteiger partial charge in [-0.3, -0.25) is 14.6 Å². The molecule has 2 fully saturated rings. The molecule has 7 heteroatoms. The molecule has 1 aliphatic heterocycles. The Balaban J connectivity index is 1.40. The standard InChI is InChI=1S/C22H24N4O2S/c1-13-3-2-4-15(11-13)17-12-29-19-18(17)24-22(25-21(19)28)26-9-7-14(8-10-26)20(27)23-16-5-6-16/h2-4,11-12,14,16H,5-10H2,1H3,(H,23,27)(H,24,25,28). The highest BCUT2D eigenvalue weighted by atomic mass is 32.1. The van der Waals surface area contributed by atoms with Gasteiger partial charge in [-0.15, -0.1) is 11.3 Å². The van der Waals surface area contributed by atoms with E-state index in [1.54, 1.807) is 0 Å². The van der Waals surface area contributed by atoms with Gasteiger partial charge in [0.15, 0.2) is 0 Å². The molecule has 2 N–H and O–H groups in total. The minimum Gasteiger partial charge on any atom is -0.353 e. The number of fused-ring (bicyclic) bond motifs is 1. The summed E-state index contributed by atoms with van der Waals surface area (Å²) in [4.78, 5) is 34.9. The second kappa shape index (κ2) is 7.30. The number of H-pyrrole nitrogens is 1. The van der Waals surface area contributed by atoms with Crippen LogP contribution in [0.25, 0.3) is 21.3 Å². The van der Waals surface area contributed by atoms with Gasteiger partial charge in [-0.1, -0.05) is 29.8 Å². The highest BCUT2D eigenvalue weighted by Crippen LogP contribution is 2.32. The monoisotopic (exact) mass is 408 g/mol. The number of rotatable bonds is 4. The zero-order chi connectivity index (χ0) is 20.0. The second-order valence-corrected chi connectivity index (χ2v) is 9.01. The normalized spacial score (nSPS) is 17.6. The van der Waals surface area contributed by atoms with Crippen molar-refractivity contribution in [1.29, 1.82) is 0 Å². The molecule has 1 aliphatic carbocycles. The number of nitrogens with zero attached hydrogens (tertiary/aromatic N) is 2. The molecule has 1 amide bonds. The van der Waals surface area contributed by atoms with E-state index in [-0.39, 0.29) is 17.4 Å². The van der Waals surface area contributed by atoms with Crippen LogP contribution in [-0.2, 0) is 4.79 Å². The van der Waals surface area contributed by atoms with Crippen molar-refractivity contribution in [3.63, 3.8) is 0 Å². The summed E-state index contributed by atoms with van der Waals surface area (Å²) in [5, 5.41) is 5.12. The van der Waals surface area contributed by atoms with E-state index in [9.17, 15) is 9.59 Å². The molecule has 3 heterocycles. The molecule has 0 radical (unpaired) electrons. The van der Waals surface area contributed by atoms with Gasteiger partial charge in [0.25, 0.3) is 5.56 Å². The fourth-order valence-electron chi connectivity index (χ4n) is 3.98. The Kier molecular flexibility index (Phi) is 4.62. The summed E-state index contributed by atoms with van der Waals surface area (Å²) in [6, 6.07) is 8.67. The maximum absolute atomic E-state index is 12.7. The number of hydrogen-bond acceptors (Lipinski definition) is 5. The number of benzene rings is 1. The number of aromatic amines is 1. The third kappa shape index (κ3) is 3.67. The first-order valence-electron chi connectivity index (χ1n) is 10.2. The average Bonchev–Trinajstić information content (AvgIpc) is 3.43. The third-order valence-electron chi connectivity index (χ3n) is 5.83. The fourth-order valence-corrected chi connectivity index (χ4v) is 4.89. The van der Waals surface area contributed by atoms with Crippen LogP contribution in [-0.4, -0.2) is 35.0 Å². The molecular weight excluding hydrogens is 384 g/mol. The number of carbonyl (C=O) groups is 1. The lowest BCUT2D eigenvalue weighted by atomic mass is 9.96. The summed E-state index contributed by atoms with van der Waals surface area (Å²) in [5.74, 6) is 0.853. The highest BCUT2D eigenvalue weighted by molar-refractivity contribution is 7.17. The van der Waals surface area contributed by atoms with Gasteiger partial charge in [-0.25, -0.2) is 4.98 Å². The first-order valence-corrected chi connectivity index (χ1v) is 11.1. The van der Waals surface area contributed by atoms with Crippen LogP contribution in [0.1, 0.15) is 31.2 Å². The number of amides is 1. The summed E-state index contributed by atoms with van der Waals surface area (Å²) in [5.41, 5.74) is 3.92. The topological polar surface area (TPSA) is 78.1 Å². The Hall–Kier alpha value is -2.67. The first kappa shape index (κ1) is 18.4. The number of nitrogens with one attached hydrogen (secondary N) is 2. The summed E-state index contributed by atoms with van der Waals surface area (Å²) in [7, 11) is 0. The molecule has 29 heavy (non-hydrogen) atoms. The predicted molar refractivity (Wildman–Crippen MR) is 117 cm³/mol. The van der Waals surface area contributed by atoms with Crippen LogP contribution in [0, 0.1) is 12.8 Å². The fraction of sp³-hybridized carbons (Fsp3) is 0.409. The Morgan fingerprint density at radius 3 is 2.76 bits per heavy atom. The van der Waals surface area contributed by atoms with Gasteiger partial charge in [0.2, 0.25) is 11.9 Å². The summed E-state index contributed by atoms with van der Waals surface area (Å²) >= 11 is 1.43. The van der Waals surface area contributed by atoms with Crippen LogP contribution in [0.4, 0.5) is 5.95 Å². The van der Waals surface area contributed by atoms with Crippen molar-refractivity contribution in [2.24, 2.45) is 5.92 Å². The van der Waals surface area contributed by atoms with E-state index >= 15 is 0 Å². The molecule has 6 nitrogen and oxygen atoms in total. The van der Waals surface area contributed by atoms with E-state index in [4.69, 9.17) is 4.98 Å². The van der Waals surface area contributed by atoms with Crippen molar-refractivity contribution >= 4 is 33.4 Å². The molecule has 1 saturated heterocycles. The van der Waals surface area contributed by atoms with Gasteiger partial charge in [-0.2, -0.15) is 0 Å². The van der Waals surface area contributed by atoms with Gasteiger partial charge in [-0.05, 0) is 38.2 Å². The zero-order valence-corrected chi connectivity index (χ0v) is 17.2. The minimum absolute atomic E-state index is 0.0614. The summed E-state index contributed by atoms with van der Waals surface area (Å²) in [6.45, 7) is 3.51. The lowest BCUT2D eigenvalue weighted by molar-refractivity contribution is -0.125. The average molecular weight is 409 g/mol. The maximum Gasteiger partial charge on any atom is 0.270 e. The number of thiophene rings is 1. The molecule has 3 aromatic rings. The molecule has 0 bridgehead atoms. The maximum atomic E-state index is 12.7. The zero-order valence-electron chi connectivity index (χ0n) is 16.4. The van der Waals surface area contributed by atoms with Crippen LogP contribution in [0.3, 0.4) is 0 Å². The van der Waals surface area contributed by atoms with Crippen molar-refractivity contribution in [3.05, 3.63) is 45.6 Å². The number of anilines is 1. The summed E-state index contributed by atoms with van der Waals surface area (Å²) < 4.78 is 0.656. The van der Waals surface area contributed by atoms with Crippen LogP contribution >= 0.6 is 11.3 Å². The number of hydrogen-bond donors (Lipinski definition) is 2. The van der Waals surface area contributed by atoms with E-state index in [1.807, 2.05) is 11.4 Å². The largest absolute Gasteiger partial charge is 0.353 e. The van der Waals surface area contributed by atoms with Crippen LogP contribution in [0.5, 0.6) is 0 Å². The van der Waals surface area contributed by atoms with Gasteiger partial charge in [0, 0.05) is 36.0 Å². The Labute approximate surface area is 173 Å². The van der Waals surface area contributed by atoms with E-state index in [1.165, 1.54) is 16.9 Å². The molecule has 2 aromatic heterocycles. The van der Waals surface area contributed by atoms with E-state index in [0.717, 1.165) is 55.4 Å². The molecule has 2 aliphatic rings. The minimum atomic E-state index is -0.0949. The molecular formula is C22H24N4O2S. The van der Waals surface area contributed by atoms with E-state index in [0.29, 0.717) is 16.7 Å². The smallest absolute Gasteiger partial charge is 0.270 e. The van der Waals surface area contributed by atoms with Crippen LogP contribution < -0.4 is 15.8 Å². The van der Waals surface area contributed by atoms with Crippen molar-refractivity contribution in [3.8, 4) is 11.1 Å². The SMILES string of the molecule is Cc1cccc(-c2csc3c(=O)[nH]c(N4CCC(C(=O)NC5CC5)CC4)nc23)c1. The van der Waals surface area contributed by atoms with E-state index < -0.39 is 0 Å². The van der Waals surface area contributed by atoms with Gasteiger partial charge < -0.3 is 10.2 Å². The molecule has 0 unspecified atom stereocenters. The number of carbonyl (C=O) groups excluding carboxylic acids is 1. The lowest BCUT2D eigenvalue weighted by Crippen LogP contribution is -2.42. The molecule has 0 atom stereocenters. The quantitative estimate of drug-likeness (QED) is 0.693. The molecule has 0 spiro atoms. The van der Waals surface area contributed by atoms with Crippen molar-refractivity contribution < 1.29 is 4.79 Å². The molecule has 5 rings (SSSR count). The van der Waals surface area contributed by atoms with Crippen molar-refractivity contribution in [2.75, 3.05) is 18.0 Å². The lowest BCUT2D eigenvalue weighted by Gasteiger charge is -2.31. The third-order valence-corrected chi connectivity index (χ3v) is 6.80. The van der Waals surface area contributed by atoms with E-state index in [2.05, 4.69) is 40.3 Å². The number of aryl methyl sites for hydroxylation is 1. The highest BCUT2D eigenvalue weighted by Gasteiger charge is 2.30. The Morgan fingerprint density at radius 1 is 1.24 bits per heavy atom. The summed E-state index contributed by atoms with van der Waals surface area (Å²) in [6.07, 6.45) is 3.79. The predicted octanol–water partition coefficient (Wildman–Crippen LogP) is 3.46. The molecule has 150 valence electrons. The van der Waals surface area contributed by atoms with Crippen LogP contribution in [0.2, 0.25) is 0 Å². The molecule has 1 aromatic carbocycles. The van der Waals surface area contributed by atoms with Gasteiger partial charge >= 0.3 is 0 Å². The Bertz CT molecular complexity index is 1120. The Morgan fingerprint density at radius 2 is 2.03 bits per heavy atom. The second-order valence-electron chi connectivity index (χ2n) is 8.13. The van der Waals surface area contributed by atoms with Gasteiger partial charge in [0.1, 0.15) is 4.70 Å². The van der Waals surface area contributed by atoms with Gasteiger partial charge in [0.05, 0.1) is 5.52 Å².